The van der Waals surface area contributed by atoms with Gasteiger partial charge in [0.2, 0.25) is 0 Å². The normalized spacial score (nSPS) is 10.4. The van der Waals surface area contributed by atoms with Crippen molar-refractivity contribution >= 4 is 16.8 Å². The molecule has 0 aliphatic heterocycles. The van der Waals surface area contributed by atoms with E-state index in [-0.39, 0.29) is 6.03 Å². The Labute approximate surface area is 108 Å². The highest BCUT2D eigenvalue weighted by atomic mass is 16.2. The molecule has 0 N–H and O–H groups in total. The molecule has 0 bridgehead atoms. The summed E-state index contributed by atoms with van der Waals surface area (Å²) in [6.45, 7) is 0.623. The summed E-state index contributed by atoms with van der Waals surface area (Å²) in [6.07, 6.45) is 0. The number of benzene rings is 2. The maximum atomic E-state index is 11.8. The average Bonchev–Trinajstić information content (AvgIpc) is 2.38. The number of nitrogens with zero attached hydrogens (tertiary/aromatic N) is 2. The molecule has 2 aromatic carbocycles. The molecule has 0 aliphatic rings. The lowest BCUT2D eigenvalue weighted by Crippen LogP contribution is -2.35. The summed E-state index contributed by atoms with van der Waals surface area (Å²) in [4.78, 5) is 15.1. The van der Waals surface area contributed by atoms with Crippen LogP contribution in [0.5, 0.6) is 0 Å². The highest BCUT2D eigenvalue weighted by Gasteiger charge is 2.11. The van der Waals surface area contributed by atoms with Gasteiger partial charge in [0.05, 0.1) is 0 Å². The van der Waals surface area contributed by atoms with Gasteiger partial charge in [0.1, 0.15) is 0 Å². The Hall–Kier alpha value is -2.03. The van der Waals surface area contributed by atoms with Gasteiger partial charge in [-0.15, -0.1) is 0 Å². The molecule has 0 fully saturated rings. The van der Waals surface area contributed by atoms with Crippen LogP contribution in [0.15, 0.2) is 42.5 Å². The fourth-order valence-corrected chi connectivity index (χ4v) is 2.09. The molecule has 0 atom stereocenters. The van der Waals surface area contributed by atoms with E-state index < -0.39 is 0 Å². The number of carbonyl (C=O) groups is 1. The van der Waals surface area contributed by atoms with Crippen LogP contribution in [-0.2, 0) is 6.54 Å². The Kier molecular flexibility index (Phi) is 3.51. The summed E-state index contributed by atoms with van der Waals surface area (Å²) in [5.74, 6) is 0. The van der Waals surface area contributed by atoms with Gasteiger partial charge in [-0.25, -0.2) is 4.79 Å². The van der Waals surface area contributed by atoms with Crippen LogP contribution in [-0.4, -0.2) is 37.0 Å². The van der Waals surface area contributed by atoms with Gasteiger partial charge in [-0.05, 0) is 16.3 Å². The maximum Gasteiger partial charge on any atom is 0.319 e. The third-order valence-electron chi connectivity index (χ3n) is 3.00. The van der Waals surface area contributed by atoms with Gasteiger partial charge >= 0.3 is 6.03 Å². The lowest BCUT2D eigenvalue weighted by Gasteiger charge is -2.22. The number of amides is 2. The number of urea groups is 1. The molecule has 2 aromatic rings. The third-order valence-corrected chi connectivity index (χ3v) is 3.00. The van der Waals surface area contributed by atoms with Gasteiger partial charge in [-0.1, -0.05) is 42.5 Å². The summed E-state index contributed by atoms with van der Waals surface area (Å²) in [5.41, 5.74) is 1.17. The Morgan fingerprint density at radius 2 is 1.67 bits per heavy atom. The second kappa shape index (κ2) is 5.08. The molecule has 2 amide bonds. The minimum Gasteiger partial charge on any atom is -0.331 e. The van der Waals surface area contributed by atoms with E-state index in [1.54, 1.807) is 23.9 Å². The van der Waals surface area contributed by atoms with Crippen molar-refractivity contribution in [1.82, 2.24) is 9.80 Å². The van der Waals surface area contributed by atoms with Gasteiger partial charge < -0.3 is 9.80 Å². The molecule has 0 heterocycles. The summed E-state index contributed by atoms with van der Waals surface area (Å²) >= 11 is 0. The van der Waals surface area contributed by atoms with E-state index in [2.05, 4.69) is 24.3 Å². The molecular weight excluding hydrogens is 224 g/mol. The zero-order chi connectivity index (χ0) is 13.1. The molecule has 94 valence electrons. The Morgan fingerprint density at radius 3 is 2.39 bits per heavy atom. The molecular formula is C15H18N2O. The standard InChI is InChI=1S/C15H18N2O/c1-16(2)15(18)17(3)11-13-9-6-8-12-7-4-5-10-14(12)13/h4-10H,11H2,1-3H3. The quantitative estimate of drug-likeness (QED) is 0.794. The van der Waals surface area contributed by atoms with E-state index in [4.69, 9.17) is 0 Å². The van der Waals surface area contributed by atoms with Gasteiger partial charge in [-0.3, -0.25) is 0 Å². The van der Waals surface area contributed by atoms with Crippen LogP contribution < -0.4 is 0 Å². The van der Waals surface area contributed by atoms with Gasteiger partial charge in [-0.2, -0.15) is 0 Å². The van der Waals surface area contributed by atoms with Crippen LogP contribution in [0.25, 0.3) is 10.8 Å². The molecule has 3 heteroatoms. The lowest BCUT2D eigenvalue weighted by atomic mass is 10.0. The number of fused-ring (bicyclic) bond motifs is 1. The van der Waals surface area contributed by atoms with Crippen LogP contribution in [0.3, 0.4) is 0 Å². The van der Waals surface area contributed by atoms with E-state index in [0.29, 0.717) is 6.54 Å². The first-order valence-electron chi connectivity index (χ1n) is 5.98. The van der Waals surface area contributed by atoms with Crippen LogP contribution in [0, 0.1) is 0 Å². The monoisotopic (exact) mass is 242 g/mol. The van der Waals surface area contributed by atoms with Gasteiger partial charge in [0.25, 0.3) is 0 Å². The first-order valence-corrected chi connectivity index (χ1v) is 5.98. The van der Waals surface area contributed by atoms with Crippen molar-refractivity contribution in [3.8, 4) is 0 Å². The molecule has 0 saturated carbocycles. The minimum absolute atomic E-state index is 0.0166. The van der Waals surface area contributed by atoms with Crippen molar-refractivity contribution in [3.63, 3.8) is 0 Å². The fourth-order valence-electron chi connectivity index (χ4n) is 2.09. The van der Waals surface area contributed by atoms with Gasteiger partial charge in [0.15, 0.2) is 0 Å². The summed E-state index contributed by atoms with van der Waals surface area (Å²) in [6, 6.07) is 14.5. The third kappa shape index (κ3) is 2.45. The van der Waals surface area contributed by atoms with E-state index in [0.717, 1.165) is 0 Å². The topological polar surface area (TPSA) is 23.6 Å². The molecule has 3 nitrogen and oxygen atoms in total. The zero-order valence-corrected chi connectivity index (χ0v) is 11.1. The molecule has 0 spiro atoms. The first-order chi connectivity index (χ1) is 8.59. The molecule has 0 unspecified atom stereocenters. The van der Waals surface area contributed by atoms with E-state index >= 15 is 0 Å². The lowest BCUT2D eigenvalue weighted by molar-refractivity contribution is 0.180. The molecule has 18 heavy (non-hydrogen) atoms. The number of carbonyl (C=O) groups excluding carboxylic acids is 1. The van der Waals surface area contributed by atoms with Crippen molar-refractivity contribution in [2.24, 2.45) is 0 Å². The largest absolute Gasteiger partial charge is 0.331 e. The molecule has 0 radical (unpaired) electrons. The fraction of sp³-hybridized carbons (Fsp3) is 0.267. The predicted octanol–water partition coefficient (Wildman–Crippen LogP) is 2.95. The van der Waals surface area contributed by atoms with E-state index in [1.165, 1.54) is 16.3 Å². The number of hydrogen-bond acceptors (Lipinski definition) is 1. The highest BCUT2D eigenvalue weighted by molar-refractivity contribution is 5.86. The van der Waals surface area contributed by atoms with Crippen LogP contribution in [0.1, 0.15) is 5.56 Å². The van der Waals surface area contributed by atoms with Crippen molar-refractivity contribution in [3.05, 3.63) is 48.0 Å². The molecule has 0 aliphatic carbocycles. The number of hydrogen-bond donors (Lipinski definition) is 0. The van der Waals surface area contributed by atoms with Gasteiger partial charge in [0, 0.05) is 27.7 Å². The van der Waals surface area contributed by atoms with Crippen LogP contribution >= 0.6 is 0 Å². The van der Waals surface area contributed by atoms with Crippen molar-refractivity contribution in [2.45, 2.75) is 6.54 Å². The highest BCUT2D eigenvalue weighted by Crippen LogP contribution is 2.19. The minimum atomic E-state index is 0.0166. The summed E-state index contributed by atoms with van der Waals surface area (Å²) in [7, 11) is 5.36. The first kappa shape index (κ1) is 12.4. The second-order valence-electron chi connectivity index (χ2n) is 4.67. The molecule has 2 rings (SSSR count). The summed E-state index contributed by atoms with van der Waals surface area (Å²) < 4.78 is 0. The second-order valence-corrected chi connectivity index (χ2v) is 4.67. The van der Waals surface area contributed by atoms with Crippen LogP contribution in [0.4, 0.5) is 4.79 Å². The predicted molar refractivity (Wildman–Crippen MR) is 74.5 cm³/mol. The summed E-state index contributed by atoms with van der Waals surface area (Å²) in [5, 5.41) is 2.42. The Morgan fingerprint density at radius 1 is 1.00 bits per heavy atom. The van der Waals surface area contributed by atoms with Crippen molar-refractivity contribution < 1.29 is 4.79 Å². The zero-order valence-electron chi connectivity index (χ0n) is 11.1. The smallest absolute Gasteiger partial charge is 0.319 e. The van der Waals surface area contributed by atoms with E-state index in [1.807, 2.05) is 25.2 Å². The van der Waals surface area contributed by atoms with E-state index in [9.17, 15) is 4.79 Å². The Balaban J connectivity index is 2.29. The number of rotatable bonds is 2. The van der Waals surface area contributed by atoms with Crippen molar-refractivity contribution in [2.75, 3.05) is 21.1 Å². The molecule has 0 saturated heterocycles. The molecule has 0 aromatic heterocycles. The Bertz CT molecular complexity index is 558. The maximum absolute atomic E-state index is 11.8. The van der Waals surface area contributed by atoms with Crippen LogP contribution in [0.2, 0.25) is 0 Å². The van der Waals surface area contributed by atoms with Crippen molar-refractivity contribution in [1.29, 1.82) is 0 Å². The average molecular weight is 242 g/mol. The SMILES string of the molecule is CN(C)C(=O)N(C)Cc1cccc2ccccc12.